The van der Waals surface area contributed by atoms with E-state index in [4.69, 9.17) is 4.74 Å². The van der Waals surface area contributed by atoms with E-state index >= 15 is 0 Å². The van der Waals surface area contributed by atoms with E-state index in [-0.39, 0.29) is 0 Å². The molecule has 2 rings (SSSR count). The van der Waals surface area contributed by atoms with Crippen molar-refractivity contribution in [3.8, 4) is 5.88 Å². The molecule has 1 heterocycles. The molecule has 1 N–H and O–H groups in total. The Kier molecular flexibility index (Phi) is 5.36. The number of hydrogen-bond donors (Lipinski definition) is 1. The van der Waals surface area contributed by atoms with E-state index in [0.717, 1.165) is 28.8 Å². The number of nitrogens with zero attached hydrogens (tertiary/aromatic N) is 1. The van der Waals surface area contributed by atoms with Gasteiger partial charge in [-0.05, 0) is 30.3 Å². The Bertz CT molecular complexity index is 531. The summed E-state index contributed by atoms with van der Waals surface area (Å²) < 4.78 is 6.77. The molecule has 0 aliphatic heterocycles. The topological polar surface area (TPSA) is 34.1 Å². The molecule has 0 fully saturated rings. The highest BCUT2D eigenvalue weighted by molar-refractivity contribution is 9.10. The Hall–Kier alpha value is -1.39. The van der Waals surface area contributed by atoms with Crippen molar-refractivity contribution in [1.82, 2.24) is 10.3 Å². The average Bonchev–Trinajstić information content (AvgIpc) is 2.43. The van der Waals surface area contributed by atoms with Gasteiger partial charge in [-0.15, -0.1) is 0 Å². The average molecular weight is 321 g/mol. The lowest BCUT2D eigenvalue weighted by Crippen LogP contribution is -2.13. The van der Waals surface area contributed by atoms with Crippen molar-refractivity contribution in [2.24, 2.45) is 0 Å². The standard InChI is InChI=1S/C15H17BrN2O/c1-2-17-10-14-7-4-8-15(18-14)19-11-12-5-3-6-13(16)9-12/h3-9,17H,2,10-11H2,1H3. The highest BCUT2D eigenvalue weighted by Gasteiger charge is 2.00. The Balaban J connectivity index is 1.95. The molecule has 0 spiro atoms. The molecule has 100 valence electrons. The van der Waals surface area contributed by atoms with Gasteiger partial charge in [0, 0.05) is 17.1 Å². The smallest absolute Gasteiger partial charge is 0.213 e. The summed E-state index contributed by atoms with van der Waals surface area (Å²) in [6.07, 6.45) is 0. The van der Waals surface area contributed by atoms with Gasteiger partial charge in [-0.25, -0.2) is 4.98 Å². The zero-order valence-corrected chi connectivity index (χ0v) is 12.5. The van der Waals surface area contributed by atoms with Crippen LogP contribution in [0, 0.1) is 0 Å². The van der Waals surface area contributed by atoms with Crippen LogP contribution >= 0.6 is 15.9 Å². The van der Waals surface area contributed by atoms with E-state index < -0.39 is 0 Å². The second kappa shape index (κ2) is 7.26. The van der Waals surface area contributed by atoms with Crippen molar-refractivity contribution in [3.05, 3.63) is 58.2 Å². The lowest BCUT2D eigenvalue weighted by atomic mass is 10.2. The highest BCUT2D eigenvalue weighted by Crippen LogP contribution is 2.14. The Labute approximate surface area is 122 Å². The molecule has 4 heteroatoms. The zero-order chi connectivity index (χ0) is 13.5. The van der Waals surface area contributed by atoms with Crippen molar-refractivity contribution in [2.75, 3.05) is 6.54 Å². The maximum Gasteiger partial charge on any atom is 0.213 e. The number of rotatable bonds is 6. The Morgan fingerprint density at radius 1 is 1.21 bits per heavy atom. The fourth-order valence-corrected chi connectivity index (χ4v) is 2.12. The minimum Gasteiger partial charge on any atom is -0.473 e. The van der Waals surface area contributed by atoms with Crippen molar-refractivity contribution in [1.29, 1.82) is 0 Å². The van der Waals surface area contributed by atoms with E-state index in [0.29, 0.717) is 12.5 Å². The summed E-state index contributed by atoms with van der Waals surface area (Å²) >= 11 is 3.45. The number of pyridine rings is 1. The molecule has 0 radical (unpaired) electrons. The summed E-state index contributed by atoms with van der Waals surface area (Å²) in [5, 5.41) is 3.25. The van der Waals surface area contributed by atoms with Gasteiger partial charge < -0.3 is 10.1 Å². The molecular weight excluding hydrogens is 304 g/mol. The van der Waals surface area contributed by atoms with E-state index in [9.17, 15) is 0 Å². The quantitative estimate of drug-likeness (QED) is 0.884. The minimum absolute atomic E-state index is 0.525. The van der Waals surface area contributed by atoms with Gasteiger partial charge in [0.25, 0.3) is 0 Å². The SMILES string of the molecule is CCNCc1cccc(OCc2cccc(Br)c2)n1. The third kappa shape index (κ3) is 4.65. The summed E-state index contributed by atoms with van der Waals surface area (Å²) in [6, 6.07) is 13.9. The second-order valence-corrected chi connectivity index (χ2v) is 5.08. The molecule has 0 aliphatic carbocycles. The first-order valence-corrected chi connectivity index (χ1v) is 7.11. The fourth-order valence-electron chi connectivity index (χ4n) is 1.67. The van der Waals surface area contributed by atoms with Gasteiger partial charge in [-0.1, -0.05) is 41.1 Å². The summed E-state index contributed by atoms with van der Waals surface area (Å²) in [5.41, 5.74) is 2.11. The Morgan fingerprint density at radius 2 is 2.05 bits per heavy atom. The van der Waals surface area contributed by atoms with Crippen LogP contribution in [0.2, 0.25) is 0 Å². The van der Waals surface area contributed by atoms with Gasteiger partial charge in [0.05, 0.1) is 5.69 Å². The molecule has 0 atom stereocenters. The van der Waals surface area contributed by atoms with Crippen molar-refractivity contribution in [2.45, 2.75) is 20.1 Å². The van der Waals surface area contributed by atoms with Crippen LogP contribution in [0.4, 0.5) is 0 Å². The lowest BCUT2D eigenvalue weighted by Gasteiger charge is -2.07. The molecule has 2 aromatic rings. The molecular formula is C15H17BrN2O. The fraction of sp³-hybridized carbons (Fsp3) is 0.267. The predicted molar refractivity (Wildman–Crippen MR) is 80.1 cm³/mol. The summed E-state index contributed by atoms with van der Waals surface area (Å²) in [5.74, 6) is 0.662. The molecule has 3 nitrogen and oxygen atoms in total. The summed E-state index contributed by atoms with van der Waals surface area (Å²) in [6.45, 7) is 4.31. The Morgan fingerprint density at radius 3 is 2.84 bits per heavy atom. The van der Waals surface area contributed by atoms with E-state index in [1.54, 1.807) is 0 Å². The lowest BCUT2D eigenvalue weighted by molar-refractivity contribution is 0.292. The molecule has 0 saturated carbocycles. The molecule has 1 aromatic carbocycles. The van der Waals surface area contributed by atoms with Crippen LogP contribution in [0.5, 0.6) is 5.88 Å². The number of nitrogens with one attached hydrogen (secondary N) is 1. The molecule has 0 aliphatic rings. The van der Waals surface area contributed by atoms with Crippen molar-refractivity contribution in [3.63, 3.8) is 0 Å². The first-order valence-electron chi connectivity index (χ1n) is 6.32. The van der Waals surface area contributed by atoms with E-state index in [1.807, 2.05) is 42.5 Å². The molecule has 0 saturated heterocycles. The van der Waals surface area contributed by atoms with Crippen LogP contribution in [-0.2, 0) is 13.2 Å². The van der Waals surface area contributed by atoms with Crippen LogP contribution in [0.15, 0.2) is 46.9 Å². The molecule has 0 bridgehead atoms. The molecule has 1 aromatic heterocycles. The van der Waals surface area contributed by atoms with Crippen LogP contribution in [0.25, 0.3) is 0 Å². The number of hydrogen-bond acceptors (Lipinski definition) is 3. The van der Waals surface area contributed by atoms with Gasteiger partial charge in [-0.3, -0.25) is 0 Å². The first-order chi connectivity index (χ1) is 9.28. The van der Waals surface area contributed by atoms with Crippen LogP contribution in [-0.4, -0.2) is 11.5 Å². The number of halogens is 1. The van der Waals surface area contributed by atoms with Gasteiger partial charge in [0.2, 0.25) is 5.88 Å². The summed E-state index contributed by atoms with van der Waals surface area (Å²) in [7, 11) is 0. The third-order valence-electron chi connectivity index (χ3n) is 2.61. The molecule has 19 heavy (non-hydrogen) atoms. The number of benzene rings is 1. The minimum atomic E-state index is 0.525. The molecule has 0 amide bonds. The van der Waals surface area contributed by atoms with E-state index in [2.05, 4.69) is 33.2 Å². The van der Waals surface area contributed by atoms with Gasteiger partial charge >= 0.3 is 0 Å². The van der Waals surface area contributed by atoms with E-state index in [1.165, 1.54) is 0 Å². The maximum absolute atomic E-state index is 5.71. The van der Waals surface area contributed by atoms with Gasteiger partial charge in [0.15, 0.2) is 0 Å². The largest absolute Gasteiger partial charge is 0.473 e. The second-order valence-electron chi connectivity index (χ2n) is 4.17. The number of ether oxygens (including phenoxy) is 1. The number of aromatic nitrogens is 1. The molecule has 0 unspecified atom stereocenters. The summed E-state index contributed by atoms with van der Waals surface area (Å²) in [4.78, 5) is 4.45. The maximum atomic E-state index is 5.71. The van der Waals surface area contributed by atoms with Crippen molar-refractivity contribution >= 4 is 15.9 Å². The van der Waals surface area contributed by atoms with Gasteiger partial charge in [-0.2, -0.15) is 0 Å². The van der Waals surface area contributed by atoms with Crippen LogP contribution in [0.3, 0.4) is 0 Å². The normalized spacial score (nSPS) is 10.4. The first kappa shape index (κ1) is 14.0. The predicted octanol–water partition coefficient (Wildman–Crippen LogP) is 3.53. The third-order valence-corrected chi connectivity index (χ3v) is 3.11. The van der Waals surface area contributed by atoms with Crippen LogP contribution in [0.1, 0.15) is 18.2 Å². The monoisotopic (exact) mass is 320 g/mol. The highest BCUT2D eigenvalue weighted by atomic mass is 79.9. The zero-order valence-electron chi connectivity index (χ0n) is 10.9. The van der Waals surface area contributed by atoms with Crippen LogP contribution < -0.4 is 10.1 Å². The van der Waals surface area contributed by atoms with Gasteiger partial charge in [0.1, 0.15) is 6.61 Å². The van der Waals surface area contributed by atoms with Crippen molar-refractivity contribution < 1.29 is 4.74 Å².